The van der Waals surface area contributed by atoms with Gasteiger partial charge in [-0.2, -0.15) is 0 Å². The normalized spacial score (nSPS) is 12.8. The number of rotatable bonds is 6. The van der Waals surface area contributed by atoms with Crippen molar-refractivity contribution in [2.45, 2.75) is 19.6 Å². The monoisotopic (exact) mass is 401 g/mol. The third-order valence-electron chi connectivity index (χ3n) is 2.84. The highest BCUT2D eigenvalue weighted by Crippen LogP contribution is 2.09. The molecule has 0 saturated heterocycles. The van der Waals surface area contributed by atoms with Crippen LogP contribution in [0.15, 0.2) is 48.6 Å². The molecule has 0 aliphatic rings. The molecule has 3 heteroatoms. The lowest BCUT2D eigenvalue weighted by molar-refractivity contribution is -0.874. The molecule has 1 aromatic carbocycles. The van der Waals surface area contributed by atoms with Crippen molar-refractivity contribution < 1.29 is 28.5 Å². The topological polar surface area (TPSA) is 0 Å². The summed E-state index contributed by atoms with van der Waals surface area (Å²) in [5, 5.41) is 0. The summed E-state index contributed by atoms with van der Waals surface area (Å²) in [5.41, 5.74) is 1.25. The van der Waals surface area contributed by atoms with Gasteiger partial charge in [-0.1, -0.05) is 68.2 Å². The Bertz CT molecular complexity index is 430. The van der Waals surface area contributed by atoms with E-state index in [9.17, 15) is 0 Å². The van der Waals surface area contributed by atoms with Crippen LogP contribution in [0.1, 0.15) is 5.56 Å². The van der Waals surface area contributed by atoms with Gasteiger partial charge in [0.1, 0.15) is 8.07 Å². The van der Waals surface area contributed by atoms with E-state index in [1.54, 1.807) is 0 Å². The third kappa shape index (κ3) is 9.50. The summed E-state index contributed by atoms with van der Waals surface area (Å²) in [5.74, 6) is 0. The zero-order valence-electron chi connectivity index (χ0n) is 13.4. The number of halogens is 1. The van der Waals surface area contributed by atoms with Gasteiger partial charge in [0.05, 0.1) is 26.8 Å². The summed E-state index contributed by atoms with van der Waals surface area (Å²) in [6, 6.07) is 10.4. The molecule has 0 amide bonds. The lowest BCUT2D eigenvalue weighted by Crippen LogP contribution is -3.00. The largest absolute Gasteiger partial charge is 1.00 e. The molecular formula is C17H28INSi. The van der Waals surface area contributed by atoms with Crippen molar-refractivity contribution in [2.24, 2.45) is 0 Å². The molecule has 1 nitrogen and oxygen atoms in total. The van der Waals surface area contributed by atoms with Crippen molar-refractivity contribution in [2.75, 3.05) is 26.8 Å². The maximum Gasteiger partial charge on any atom is 0.110 e. The predicted octanol–water partition coefficient (Wildman–Crippen LogP) is 1.21. The molecule has 0 aliphatic heterocycles. The van der Waals surface area contributed by atoms with Gasteiger partial charge in [0.15, 0.2) is 0 Å². The van der Waals surface area contributed by atoms with Crippen LogP contribution < -0.4 is 24.0 Å². The molecule has 1 rings (SSSR count). The van der Waals surface area contributed by atoms with E-state index in [1.807, 2.05) is 6.07 Å². The summed E-state index contributed by atoms with van der Waals surface area (Å²) >= 11 is 0. The van der Waals surface area contributed by atoms with E-state index in [4.69, 9.17) is 0 Å². The van der Waals surface area contributed by atoms with Crippen molar-refractivity contribution in [1.82, 2.24) is 0 Å². The highest BCUT2D eigenvalue weighted by Gasteiger charge is 2.24. The second-order valence-electron chi connectivity index (χ2n) is 7.04. The minimum Gasteiger partial charge on any atom is -1.00 e. The first-order valence-corrected chi connectivity index (χ1v) is 10.7. The molecule has 0 heterocycles. The van der Waals surface area contributed by atoms with Gasteiger partial charge >= 0.3 is 0 Å². The summed E-state index contributed by atoms with van der Waals surface area (Å²) in [6.45, 7) is 8.41. The quantitative estimate of drug-likeness (QED) is 0.291. The molecule has 0 radical (unpaired) electrons. The Labute approximate surface area is 143 Å². The summed E-state index contributed by atoms with van der Waals surface area (Å²) in [7, 11) is 3.65. The predicted molar refractivity (Wildman–Crippen MR) is 89.8 cm³/mol. The number of benzene rings is 1. The van der Waals surface area contributed by atoms with Gasteiger partial charge in [-0.3, -0.25) is 0 Å². The number of nitrogens with zero attached hydrogens (tertiary/aromatic N) is 1. The Kier molecular flexibility index (Phi) is 8.62. The van der Waals surface area contributed by atoms with Crippen molar-refractivity contribution in [3.05, 3.63) is 54.1 Å². The maximum atomic E-state index is 2.44. The van der Waals surface area contributed by atoms with Crippen molar-refractivity contribution in [3.8, 4) is 0 Å². The molecule has 0 fully saturated rings. The zero-order valence-corrected chi connectivity index (χ0v) is 16.6. The molecule has 0 atom stereocenters. The highest BCUT2D eigenvalue weighted by atomic mass is 127. The lowest BCUT2D eigenvalue weighted by atomic mass is 10.2. The molecule has 0 unspecified atom stereocenters. The Morgan fingerprint density at radius 2 is 1.60 bits per heavy atom. The Hall–Kier alpha value is -0.393. The first-order valence-electron chi connectivity index (χ1n) is 6.99. The van der Waals surface area contributed by atoms with Crippen LogP contribution in [0.5, 0.6) is 0 Å². The zero-order chi connectivity index (χ0) is 14.4. The number of allylic oxidation sites excluding steroid dienone is 2. The first-order chi connectivity index (χ1) is 8.79. The van der Waals surface area contributed by atoms with Crippen LogP contribution in [0.3, 0.4) is 0 Å². The van der Waals surface area contributed by atoms with E-state index in [2.05, 4.69) is 82.3 Å². The summed E-state index contributed by atoms with van der Waals surface area (Å²) in [6.07, 6.45) is 10.0. The number of hydrogen-bond acceptors (Lipinski definition) is 0. The van der Waals surface area contributed by atoms with Crippen LogP contribution in [0.2, 0.25) is 19.6 Å². The van der Waals surface area contributed by atoms with Crippen LogP contribution >= 0.6 is 0 Å². The van der Waals surface area contributed by atoms with E-state index in [1.165, 1.54) is 11.7 Å². The molecule has 0 aliphatic carbocycles. The fourth-order valence-corrected chi connectivity index (χ4v) is 5.20. The lowest BCUT2D eigenvalue weighted by Gasteiger charge is -2.34. The van der Waals surface area contributed by atoms with E-state index >= 15 is 0 Å². The van der Waals surface area contributed by atoms with Crippen LogP contribution in [0.4, 0.5) is 0 Å². The van der Waals surface area contributed by atoms with E-state index < -0.39 is 8.07 Å². The minimum absolute atomic E-state index is 0. The SMILES string of the molecule is C[N+](C)(C/C=C/C=C/c1ccccc1)C[Si](C)(C)C.[I-]. The number of quaternary nitrogens is 1. The Morgan fingerprint density at radius 1 is 1.00 bits per heavy atom. The fourth-order valence-electron chi connectivity index (χ4n) is 2.50. The second-order valence-corrected chi connectivity index (χ2v) is 12.5. The second kappa shape index (κ2) is 8.80. The van der Waals surface area contributed by atoms with E-state index in [0.717, 1.165) is 11.0 Å². The maximum absolute atomic E-state index is 2.44. The van der Waals surface area contributed by atoms with Gasteiger partial charge in [0, 0.05) is 0 Å². The van der Waals surface area contributed by atoms with Gasteiger partial charge in [-0.05, 0) is 11.6 Å². The van der Waals surface area contributed by atoms with Crippen LogP contribution in [0.25, 0.3) is 6.08 Å². The van der Waals surface area contributed by atoms with Gasteiger partial charge in [0.25, 0.3) is 0 Å². The Morgan fingerprint density at radius 3 is 2.15 bits per heavy atom. The smallest absolute Gasteiger partial charge is 0.110 e. The average Bonchev–Trinajstić information content (AvgIpc) is 2.26. The molecule has 20 heavy (non-hydrogen) atoms. The number of likely N-dealkylation sites (N-methyl/N-ethyl adjacent to an activating group) is 1. The molecule has 0 spiro atoms. The highest BCUT2D eigenvalue weighted by molar-refractivity contribution is 6.75. The molecule has 0 aromatic heterocycles. The minimum atomic E-state index is -0.993. The standard InChI is InChI=1S/C17H28NSi.HI/c1-18(2,16-19(3,4)5)15-11-7-10-14-17-12-8-6-9-13-17;/h6-14H,15-16H2,1-5H3;1H/q+1;/p-1/b11-7+,14-10+;. The Balaban J connectivity index is 0.00000361. The molecular weight excluding hydrogens is 373 g/mol. The molecule has 0 bridgehead atoms. The summed E-state index contributed by atoms with van der Waals surface area (Å²) in [4.78, 5) is 0. The number of hydrogen-bond donors (Lipinski definition) is 0. The summed E-state index contributed by atoms with van der Waals surface area (Å²) < 4.78 is 1.09. The van der Waals surface area contributed by atoms with Gasteiger partial charge < -0.3 is 28.5 Å². The van der Waals surface area contributed by atoms with Crippen molar-refractivity contribution >= 4 is 14.1 Å². The van der Waals surface area contributed by atoms with Gasteiger partial charge in [-0.15, -0.1) is 0 Å². The average molecular weight is 401 g/mol. The molecule has 0 N–H and O–H groups in total. The van der Waals surface area contributed by atoms with Crippen molar-refractivity contribution in [3.63, 3.8) is 0 Å². The van der Waals surface area contributed by atoms with Crippen LogP contribution in [-0.4, -0.2) is 39.4 Å². The van der Waals surface area contributed by atoms with E-state index in [0.29, 0.717) is 0 Å². The third-order valence-corrected chi connectivity index (χ3v) is 4.64. The fraction of sp³-hybridized carbons (Fsp3) is 0.412. The van der Waals surface area contributed by atoms with E-state index in [-0.39, 0.29) is 24.0 Å². The van der Waals surface area contributed by atoms with Crippen LogP contribution in [-0.2, 0) is 0 Å². The molecule has 1 aromatic rings. The van der Waals surface area contributed by atoms with Crippen LogP contribution in [0, 0.1) is 0 Å². The van der Waals surface area contributed by atoms with Crippen molar-refractivity contribution in [1.29, 1.82) is 0 Å². The molecule has 0 saturated carbocycles. The van der Waals surface area contributed by atoms with Gasteiger partial charge in [0.2, 0.25) is 0 Å². The first kappa shape index (κ1) is 19.6. The molecule has 112 valence electrons. The van der Waals surface area contributed by atoms with Gasteiger partial charge in [-0.25, -0.2) is 0 Å².